The first-order chi connectivity index (χ1) is 14.1. The summed E-state index contributed by atoms with van der Waals surface area (Å²) in [5.74, 6) is -1.14. The molecule has 6 nitrogen and oxygen atoms in total. The van der Waals surface area contributed by atoms with E-state index in [4.69, 9.17) is 9.47 Å². The molecule has 1 aliphatic rings. The van der Waals surface area contributed by atoms with Crippen LogP contribution in [0.4, 0.5) is 4.79 Å². The Morgan fingerprint density at radius 3 is 2.38 bits per heavy atom. The lowest BCUT2D eigenvalue weighted by Gasteiger charge is -2.27. The number of cyclic esters (lactones) is 1. The van der Waals surface area contributed by atoms with Gasteiger partial charge in [-0.3, -0.25) is 4.79 Å². The van der Waals surface area contributed by atoms with Gasteiger partial charge in [0.1, 0.15) is 6.61 Å². The van der Waals surface area contributed by atoms with Crippen molar-refractivity contribution in [2.45, 2.75) is 38.5 Å². The third-order valence-corrected chi connectivity index (χ3v) is 5.13. The number of ether oxygens (including phenoxy) is 2. The average Bonchev–Trinajstić information content (AvgIpc) is 3.10. The number of nitrogens with zero attached hydrogens (tertiary/aromatic N) is 1. The number of amides is 2. The molecule has 1 saturated heterocycles. The maximum Gasteiger partial charge on any atom is 0.416 e. The van der Waals surface area contributed by atoms with Gasteiger partial charge in [-0.25, -0.2) is 9.69 Å². The number of hydrogen-bond acceptors (Lipinski definition) is 5. The van der Waals surface area contributed by atoms with Gasteiger partial charge in [-0.1, -0.05) is 67.6 Å². The predicted molar refractivity (Wildman–Crippen MR) is 108 cm³/mol. The molecule has 0 aromatic heterocycles. The first-order valence-electron chi connectivity index (χ1n) is 9.93. The van der Waals surface area contributed by atoms with E-state index < -0.39 is 24.0 Å². The number of carbonyl (C=O) groups is 2. The van der Waals surface area contributed by atoms with Crippen molar-refractivity contribution in [3.63, 3.8) is 0 Å². The molecule has 1 fully saturated rings. The van der Waals surface area contributed by atoms with Crippen molar-refractivity contribution in [2.75, 3.05) is 13.2 Å². The molecule has 0 bridgehead atoms. The Bertz CT molecular complexity index is 795. The summed E-state index contributed by atoms with van der Waals surface area (Å²) in [6.07, 6.45) is -0.722. The van der Waals surface area contributed by atoms with E-state index in [1.54, 1.807) is 0 Å². The summed E-state index contributed by atoms with van der Waals surface area (Å²) in [7, 11) is 0. The van der Waals surface area contributed by atoms with Crippen LogP contribution in [0.2, 0.25) is 0 Å². The van der Waals surface area contributed by atoms with Crippen molar-refractivity contribution >= 4 is 12.0 Å². The van der Waals surface area contributed by atoms with Crippen LogP contribution in [-0.2, 0) is 27.3 Å². The van der Waals surface area contributed by atoms with Gasteiger partial charge < -0.3 is 14.6 Å². The van der Waals surface area contributed by atoms with Gasteiger partial charge in [-0.2, -0.15) is 0 Å². The predicted octanol–water partition coefficient (Wildman–Crippen LogP) is 3.18. The number of imide groups is 1. The molecule has 2 aromatic carbocycles. The van der Waals surface area contributed by atoms with Crippen LogP contribution in [0.1, 0.15) is 24.5 Å². The minimum Gasteiger partial charge on any atom is -0.447 e. The Morgan fingerprint density at radius 1 is 1.14 bits per heavy atom. The fourth-order valence-electron chi connectivity index (χ4n) is 3.54. The molecule has 0 unspecified atom stereocenters. The second-order valence-corrected chi connectivity index (χ2v) is 7.21. The molecule has 0 radical (unpaired) electrons. The van der Waals surface area contributed by atoms with Gasteiger partial charge in [-0.15, -0.1) is 0 Å². The SMILES string of the molecule is CC[C@H](C(=O)N1C(=O)OC[C@@H]1Cc1ccccc1)[C@H](O)COCc1ccccc1. The van der Waals surface area contributed by atoms with Crippen molar-refractivity contribution in [3.8, 4) is 0 Å². The number of aliphatic hydroxyl groups excluding tert-OH is 1. The van der Waals surface area contributed by atoms with Gasteiger partial charge in [0, 0.05) is 0 Å². The Labute approximate surface area is 171 Å². The largest absolute Gasteiger partial charge is 0.447 e. The minimum atomic E-state index is -0.998. The van der Waals surface area contributed by atoms with Crippen LogP contribution in [0.15, 0.2) is 60.7 Å². The van der Waals surface area contributed by atoms with E-state index in [0.717, 1.165) is 11.1 Å². The Balaban J connectivity index is 1.60. The Kier molecular flexibility index (Phi) is 7.38. The quantitative estimate of drug-likeness (QED) is 0.703. The maximum atomic E-state index is 13.1. The van der Waals surface area contributed by atoms with Gasteiger partial charge >= 0.3 is 6.09 Å². The first-order valence-corrected chi connectivity index (χ1v) is 9.93. The molecule has 1 heterocycles. The van der Waals surface area contributed by atoms with E-state index in [1.807, 2.05) is 67.6 Å². The van der Waals surface area contributed by atoms with Crippen LogP contribution < -0.4 is 0 Å². The third-order valence-electron chi connectivity index (χ3n) is 5.13. The molecule has 154 valence electrons. The molecular weight excluding hydrogens is 370 g/mol. The van der Waals surface area contributed by atoms with E-state index >= 15 is 0 Å². The molecule has 0 spiro atoms. The molecule has 0 saturated carbocycles. The summed E-state index contributed by atoms with van der Waals surface area (Å²) >= 11 is 0. The smallest absolute Gasteiger partial charge is 0.416 e. The fourth-order valence-corrected chi connectivity index (χ4v) is 3.54. The van der Waals surface area contributed by atoms with Crippen molar-refractivity contribution in [1.29, 1.82) is 0 Å². The molecule has 3 rings (SSSR count). The second-order valence-electron chi connectivity index (χ2n) is 7.21. The molecule has 2 amide bonds. The lowest BCUT2D eigenvalue weighted by molar-refractivity contribution is -0.139. The summed E-state index contributed by atoms with van der Waals surface area (Å²) in [5, 5.41) is 10.6. The third kappa shape index (κ3) is 5.43. The summed E-state index contributed by atoms with van der Waals surface area (Å²) in [5.41, 5.74) is 2.01. The first kappa shape index (κ1) is 21.0. The van der Waals surface area contributed by atoms with Gasteiger partial charge in [-0.05, 0) is 24.0 Å². The van der Waals surface area contributed by atoms with Crippen LogP contribution in [-0.4, -0.2) is 47.4 Å². The zero-order valence-corrected chi connectivity index (χ0v) is 16.6. The van der Waals surface area contributed by atoms with Crippen LogP contribution in [0.25, 0.3) is 0 Å². The summed E-state index contributed by atoms with van der Waals surface area (Å²) in [4.78, 5) is 26.5. The van der Waals surface area contributed by atoms with E-state index in [-0.39, 0.29) is 19.3 Å². The van der Waals surface area contributed by atoms with Crippen molar-refractivity contribution in [1.82, 2.24) is 4.90 Å². The summed E-state index contributed by atoms with van der Waals surface area (Å²) in [6.45, 7) is 2.35. The fraction of sp³-hybridized carbons (Fsp3) is 0.391. The second kappa shape index (κ2) is 10.2. The molecule has 1 aliphatic heterocycles. The molecular formula is C23H27NO5. The topological polar surface area (TPSA) is 76.1 Å². The van der Waals surface area contributed by atoms with Crippen LogP contribution in [0, 0.1) is 5.92 Å². The van der Waals surface area contributed by atoms with E-state index in [9.17, 15) is 14.7 Å². The molecule has 3 atom stereocenters. The van der Waals surface area contributed by atoms with Crippen molar-refractivity contribution in [3.05, 3.63) is 71.8 Å². The van der Waals surface area contributed by atoms with Gasteiger partial charge in [0.25, 0.3) is 0 Å². The zero-order chi connectivity index (χ0) is 20.6. The van der Waals surface area contributed by atoms with E-state index in [0.29, 0.717) is 19.4 Å². The normalized spacial score (nSPS) is 18.3. The van der Waals surface area contributed by atoms with Gasteiger partial charge in [0.05, 0.1) is 31.3 Å². The lowest BCUT2D eigenvalue weighted by Crippen LogP contribution is -2.47. The van der Waals surface area contributed by atoms with Crippen molar-refractivity contribution < 1.29 is 24.2 Å². The minimum absolute atomic E-state index is 0.0192. The number of aliphatic hydroxyl groups is 1. The molecule has 1 N–H and O–H groups in total. The standard InChI is InChI=1S/C23H27NO5/c1-2-20(21(25)16-28-14-18-11-7-4-8-12-18)22(26)24-19(15-29-23(24)27)13-17-9-5-3-6-10-17/h3-12,19-21,25H,2,13-16H2,1H3/t19-,20-,21+/m0/s1. The summed E-state index contributed by atoms with van der Waals surface area (Å²) < 4.78 is 10.7. The van der Waals surface area contributed by atoms with Gasteiger partial charge in [0.2, 0.25) is 5.91 Å². The van der Waals surface area contributed by atoms with E-state index in [1.165, 1.54) is 4.90 Å². The average molecular weight is 397 g/mol. The molecule has 0 aliphatic carbocycles. The number of hydrogen-bond donors (Lipinski definition) is 1. The van der Waals surface area contributed by atoms with Crippen molar-refractivity contribution in [2.24, 2.45) is 5.92 Å². The summed E-state index contributed by atoms with van der Waals surface area (Å²) in [6, 6.07) is 18.9. The number of benzene rings is 2. The zero-order valence-electron chi connectivity index (χ0n) is 16.6. The number of rotatable bonds is 9. The number of carbonyl (C=O) groups excluding carboxylic acids is 2. The maximum absolute atomic E-state index is 13.1. The monoisotopic (exact) mass is 397 g/mol. The highest BCUT2D eigenvalue weighted by Gasteiger charge is 2.42. The van der Waals surface area contributed by atoms with Crippen LogP contribution in [0.3, 0.4) is 0 Å². The molecule has 2 aromatic rings. The Morgan fingerprint density at radius 2 is 1.76 bits per heavy atom. The van der Waals surface area contributed by atoms with Crippen LogP contribution in [0.5, 0.6) is 0 Å². The molecule has 29 heavy (non-hydrogen) atoms. The van der Waals surface area contributed by atoms with Crippen LogP contribution >= 0.6 is 0 Å². The van der Waals surface area contributed by atoms with Gasteiger partial charge in [0.15, 0.2) is 0 Å². The highest BCUT2D eigenvalue weighted by molar-refractivity contribution is 5.95. The molecule has 6 heteroatoms. The van der Waals surface area contributed by atoms with E-state index in [2.05, 4.69) is 0 Å². The highest BCUT2D eigenvalue weighted by atomic mass is 16.6. The lowest BCUT2D eigenvalue weighted by atomic mass is 9.96. The Hall–Kier alpha value is -2.70. The highest BCUT2D eigenvalue weighted by Crippen LogP contribution is 2.23.